The van der Waals surface area contributed by atoms with E-state index < -0.39 is 5.97 Å². The zero-order chi connectivity index (χ0) is 22.6. The van der Waals surface area contributed by atoms with Crippen molar-refractivity contribution in [2.75, 3.05) is 26.1 Å². The number of nitrogens with one attached hydrogen (secondary N) is 2. The van der Waals surface area contributed by atoms with Crippen LogP contribution in [0.25, 0.3) is 5.70 Å². The molecule has 0 fully saturated rings. The van der Waals surface area contributed by atoms with Crippen LogP contribution in [0.15, 0.2) is 42.5 Å². The van der Waals surface area contributed by atoms with Gasteiger partial charge in [0.2, 0.25) is 5.91 Å². The third-order valence-electron chi connectivity index (χ3n) is 4.94. The van der Waals surface area contributed by atoms with Crippen LogP contribution < -0.4 is 20.1 Å². The summed E-state index contributed by atoms with van der Waals surface area (Å²) in [5.41, 5.74) is 3.44. The molecule has 0 unspecified atom stereocenters. The monoisotopic (exact) mass is 460 g/mol. The molecule has 32 heavy (non-hydrogen) atoms. The van der Waals surface area contributed by atoms with E-state index in [2.05, 4.69) is 24.5 Å². The molecule has 0 saturated heterocycles. The van der Waals surface area contributed by atoms with E-state index in [1.165, 1.54) is 6.08 Å². The van der Waals surface area contributed by atoms with E-state index in [4.69, 9.17) is 14.2 Å². The summed E-state index contributed by atoms with van der Waals surface area (Å²) in [6, 6.07) is 10.4. The second-order valence-electron chi connectivity index (χ2n) is 7.90. The van der Waals surface area contributed by atoms with Gasteiger partial charge in [0.1, 0.15) is 0 Å². The highest BCUT2D eigenvalue weighted by atomic mass is 35.5. The average molecular weight is 461 g/mol. The molecule has 0 bridgehead atoms. The summed E-state index contributed by atoms with van der Waals surface area (Å²) in [5, 5.41) is 6.27. The number of anilines is 1. The summed E-state index contributed by atoms with van der Waals surface area (Å²) >= 11 is 0. The van der Waals surface area contributed by atoms with Gasteiger partial charge in [-0.2, -0.15) is 0 Å². The topological polar surface area (TPSA) is 85.9 Å². The van der Waals surface area contributed by atoms with Crippen LogP contribution in [-0.2, 0) is 16.0 Å². The predicted molar refractivity (Wildman–Crippen MR) is 127 cm³/mol. The largest absolute Gasteiger partial charge is 0.493 e. The number of esters is 1. The van der Waals surface area contributed by atoms with Crippen molar-refractivity contribution in [2.24, 2.45) is 0 Å². The Bertz CT molecular complexity index is 1020. The number of amides is 1. The van der Waals surface area contributed by atoms with Crippen LogP contribution in [0.2, 0.25) is 0 Å². The van der Waals surface area contributed by atoms with Crippen LogP contribution in [0.1, 0.15) is 42.3 Å². The van der Waals surface area contributed by atoms with Crippen LogP contribution in [-0.4, -0.2) is 38.2 Å². The van der Waals surface area contributed by atoms with Gasteiger partial charge in [0.25, 0.3) is 0 Å². The van der Waals surface area contributed by atoms with Gasteiger partial charge in [0, 0.05) is 28.6 Å². The quantitative estimate of drug-likeness (QED) is 0.496. The Labute approximate surface area is 194 Å². The Kier molecular flexibility index (Phi) is 8.16. The number of ether oxygens (including phenoxy) is 3. The van der Waals surface area contributed by atoms with Crippen molar-refractivity contribution in [1.29, 1.82) is 0 Å². The molecule has 1 aliphatic rings. The lowest BCUT2D eigenvalue weighted by Crippen LogP contribution is -2.44. The summed E-state index contributed by atoms with van der Waals surface area (Å²) in [4.78, 5) is 24.5. The minimum atomic E-state index is -0.392. The summed E-state index contributed by atoms with van der Waals surface area (Å²) in [5.74, 6) is 0.579. The summed E-state index contributed by atoms with van der Waals surface area (Å²) in [6.45, 7) is 6.22. The van der Waals surface area contributed by atoms with E-state index in [1.807, 2.05) is 12.1 Å². The summed E-state index contributed by atoms with van der Waals surface area (Å²) in [6.07, 6.45) is 2.31. The Balaban J connectivity index is 0.00000363. The highest BCUT2D eigenvalue weighted by Crippen LogP contribution is 2.37. The van der Waals surface area contributed by atoms with Gasteiger partial charge in [-0.25, -0.2) is 4.79 Å². The first kappa shape index (κ1) is 25.1. The number of halogens is 1. The van der Waals surface area contributed by atoms with Gasteiger partial charge in [-0.1, -0.05) is 0 Å². The molecular weight excluding hydrogens is 432 g/mol. The number of fused-ring (bicyclic) bond motifs is 1. The van der Waals surface area contributed by atoms with Crippen molar-refractivity contribution in [3.05, 3.63) is 59.2 Å². The normalized spacial score (nSPS) is 15.0. The van der Waals surface area contributed by atoms with E-state index in [0.717, 1.165) is 17.5 Å². The Morgan fingerprint density at radius 3 is 2.31 bits per heavy atom. The number of hydrogen-bond donors (Lipinski definition) is 2. The molecule has 172 valence electrons. The SMILES string of the molecule is CCOC(=O)c1ccc(NC(=O)/C=C2\NC(C)(C)Cc3cc(OC)c(OC)cc32)cc1.Cl. The second-order valence-corrected chi connectivity index (χ2v) is 7.90. The number of hydrogen-bond acceptors (Lipinski definition) is 6. The lowest BCUT2D eigenvalue weighted by molar-refractivity contribution is -0.111. The zero-order valence-electron chi connectivity index (χ0n) is 18.9. The van der Waals surface area contributed by atoms with Gasteiger partial charge >= 0.3 is 5.97 Å². The first-order valence-corrected chi connectivity index (χ1v) is 10.1. The number of methoxy groups -OCH3 is 2. The third kappa shape index (κ3) is 5.73. The third-order valence-corrected chi connectivity index (χ3v) is 4.94. The maximum Gasteiger partial charge on any atom is 0.338 e. The number of carbonyl (C=O) groups excluding carboxylic acids is 2. The molecule has 7 nitrogen and oxygen atoms in total. The Morgan fingerprint density at radius 2 is 1.72 bits per heavy atom. The van der Waals surface area contributed by atoms with Gasteiger partial charge in [0.05, 0.1) is 26.4 Å². The molecule has 0 radical (unpaired) electrons. The van der Waals surface area contributed by atoms with Crippen molar-refractivity contribution >= 4 is 35.7 Å². The Morgan fingerprint density at radius 1 is 1.09 bits per heavy atom. The van der Waals surface area contributed by atoms with Crippen LogP contribution >= 0.6 is 12.4 Å². The van der Waals surface area contributed by atoms with Crippen molar-refractivity contribution in [3.63, 3.8) is 0 Å². The molecule has 0 aromatic heterocycles. The van der Waals surface area contributed by atoms with E-state index in [1.54, 1.807) is 45.4 Å². The standard InChI is InChI=1S/C24H28N2O5.ClH/c1-6-31-23(28)15-7-9-17(10-8-15)25-22(27)13-19-18-12-21(30-5)20(29-4)11-16(18)14-24(2,3)26-19;/h7-13,26H,6,14H2,1-5H3,(H,25,27);1H/b19-13-;. The molecule has 1 aliphatic heterocycles. The van der Waals surface area contributed by atoms with E-state index >= 15 is 0 Å². The lowest BCUT2D eigenvalue weighted by atomic mass is 9.85. The first-order chi connectivity index (χ1) is 14.8. The molecule has 2 N–H and O–H groups in total. The molecule has 0 saturated carbocycles. The second kappa shape index (κ2) is 10.4. The molecule has 2 aromatic rings. The molecule has 8 heteroatoms. The highest BCUT2D eigenvalue weighted by molar-refractivity contribution is 6.04. The summed E-state index contributed by atoms with van der Waals surface area (Å²) in [7, 11) is 3.19. The van der Waals surface area contributed by atoms with Crippen molar-refractivity contribution in [1.82, 2.24) is 5.32 Å². The van der Waals surface area contributed by atoms with Gasteiger partial charge < -0.3 is 24.8 Å². The summed E-state index contributed by atoms with van der Waals surface area (Å²) < 4.78 is 15.8. The molecule has 0 aliphatic carbocycles. The maximum atomic E-state index is 12.7. The molecular formula is C24H29ClN2O5. The molecule has 0 atom stereocenters. The number of benzene rings is 2. The van der Waals surface area contributed by atoms with Gasteiger partial charge in [0.15, 0.2) is 11.5 Å². The van der Waals surface area contributed by atoms with Crippen LogP contribution in [0, 0.1) is 0 Å². The maximum absolute atomic E-state index is 12.7. The molecule has 0 spiro atoms. The smallest absolute Gasteiger partial charge is 0.338 e. The van der Waals surface area contributed by atoms with E-state index in [-0.39, 0.29) is 23.9 Å². The predicted octanol–water partition coefficient (Wildman–Crippen LogP) is 4.21. The molecule has 1 amide bonds. The first-order valence-electron chi connectivity index (χ1n) is 10.1. The van der Waals surface area contributed by atoms with E-state index in [0.29, 0.717) is 35.1 Å². The fourth-order valence-electron chi connectivity index (χ4n) is 3.60. The Hall–Kier alpha value is -3.19. The van der Waals surface area contributed by atoms with Gasteiger partial charge in [-0.15, -0.1) is 12.4 Å². The fraction of sp³-hybridized carbons (Fsp3) is 0.333. The fourth-order valence-corrected chi connectivity index (χ4v) is 3.60. The zero-order valence-corrected chi connectivity index (χ0v) is 19.7. The average Bonchev–Trinajstić information content (AvgIpc) is 2.72. The van der Waals surface area contributed by atoms with E-state index in [9.17, 15) is 9.59 Å². The van der Waals surface area contributed by atoms with Crippen molar-refractivity contribution < 1.29 is 23.8 Å². The highest BCUT2D eigenvalue weighted by Gasteiger charge is 2.29. The molecule has 3 rings (SSSR count). The van der Waals surface area contributed by atoms with Crippen molar-refractivity contribution in [3.8, 4) is 11.5 Å². The molecule has 2 aromatic carbocycles. The van der Waals surface area contributed by atoms with Crippen LogP contribution in [0.4, 0.5) is 5.69 Å². The number of rotatable bonds is 6. The van der Waals surface area contributed by atoms with Crippen LogP contribution in [0.3, 0.4) is 0 Å². The van der Waals surface area contributed by atoms with Crippen molar-refractivity contribution in [2.45, 2.75) is 32.7 Å². The lowest BCUT2D eigenvalue weighted by Gasteiger charge is -2.36. The minimum Gasteiger partial charge on any atom is -0.493 e. The van der Waals surface area contributed by atoms with Gasteiger partial charge in [-0.3, -0.25) is 4.79 Å². The minimum absolute atomic E-state index is 0. The van der Waals surface area contributed by atoms with Gasteiger partial charge in [-0.05, 0) is 69.2 Å². The molecule has 1 heterocycles. The number of carbonyl (C=O) groups is 2. The van der Waals surface area contributed by atoms with Crippen LogP contribution in [0.5, 0.6) is 11.5 Å².